The molecule has 1 heteroatoms. The number of hydrogen-bond donors (Lipinski definition) is 0. The molecular weight excluding hydrogens is 254 g/mol. The molecular formula is C20H27N. The number of rotatable bonds is 0. The van der Waals surface area contributed by atoms with Gasteiger partial charge < -0.3 is 0 Å². The molecule has 2 spiro atoms. The molecule has 0 aromatic heterocycles. The van der Waals surface area contributed by atoms with Crippen LogP contribution in [0.5, 0.6) is 0 Å². The molecule has 6 saturated carbocycles. The zero-order chi connectivity index (χ0) is 13.8. The third kappa shape index (κ3) is 0.821. The predicted octanol–water partition coefficient (Wildman–Crippen LogP) is 3.85. The average molecular weight is 281 g/mol. The molecule has 9 fully saturated rings. The van der Waals surface area contributed by atoms with E-state index in [1.165, 1.54) is 32.2 Å². The molecule has 3 heterocycles. The molecule has 1 nitrogen and oxygen atoms in total. The van der Waals surface area contributed by atoms with Gasteiger partial charge in [0.25, 0.3) is 0 Å². The van der Waals surface area contributed by atoms with E-state index in [2.05, 4.69) is 18.4 Å². The third-order valence-electron chi connectivity index (χ3n) is 10.2. The molecule has 10 atom stereocenters. The van der Waals surface area contributed by atoms with Crippen LogP contribution >= 0.6 is 0 Å². The lowest BCUT2D eigenvalue weighted by molar-refractivity contribution is -0.115. The molecule has 0 aromatic rings. The molecule has 0 radical (unpaired) electrons. The molecule has 0 amide bonds. The SMILES string of the molecule is C=C1C[C@]23C[C@H]4[C@@H]5[C@@]6(C)CCC[C@]57[C@H]([C@@H]2C[C@H]1C[C@H]37)N4C6. The van der Waals surface area contributed by atoms with Gasteiger partial charge in [0.1, 0.15) is 0 Å². The number of nitrogens with zero attached hydrogens (tertiary/aromatic N) is 1. The summed E-state index contributed by atoms with van der Waals surface area (Å²) in [6.45, 7) is 8.63. The number of allylic oxidation sites excluding steroid dienone is 1. The summed E-state index contributed by atoms with van der Waals surface area (Å²) in [5, 5.41) is 0. The van der Waals surface area contributed by atoms with Crippen LogP contribution < -0.4 is 0 Å². The second-order valence-corrected chi connectivity index (χ2v) is 10.4. The molecule has 9 rings (SSSR count). The maximum atomic E-state index is 4.51. The third-order valence-corrected chi connectivity index (χ3v) is 10.2. The first-order valence-electron chi connectivity index (χ1n) is 9.54. The summed E-state index contributed by atoms with van der Waals surface area (Å²) < 4.78 is 0. The van der Waals surface area contributed by atoms with Gasteiger partial charge in [-0.15, -0.1) is 0 Å². The van der Waals surface area contributed by atoms with E-state index in [1.54, 1.807) is 24.8 Å². The normalized spacial score (nSPS) is 74.5. The molecule has 21 heavy (non-hydrogen) atoms. The van der Waals surface area contributed by atoms with E-state index >= 15 is 0 Å². The first-order chi connectivity index (χ1) is 10.1. The Bertz CT molecular complexity index is 609. The minimum absolute atomic E-state index is 0.689. The van der Waals surface area contributed by atoms with Crippen LogP contribution in [-0.4, -0.2) is 23.5 Å². The maximum Gasteiger partial charge on any atom is 0.0195 e. The Morgan fingerprint density at radius 1 is 1.24 bits per heavy atom. The molecule has 3 aliphatic heterocycles. The van der Waals surface area contributed by atoms with Crippen molar-refractivity contribution in [2.75, 3.05) is 6.54 Å². The van der Waals surface area contributed by atoms with Gasteiger partial charge >= 0.3 is 0 Å². The first-order valence-corrected chi connectivity index (χ1v) is 9.54. The molecule has 1 unspecified atom stereocenters. The van der Waals surface area contributed by atoms with Crippen molar-refractivity contribution in [2.24, 2.45) is 39.9 Å². The summed E-state index contributed by atoms with van der Waals surface area (Å²) in [6.07, 6.45) is 10.7. The first kappa shape index (κ1) is 11.3. The molecule has 9 bridgehead atoms. The number of hydrogen-bond acceptors (Lipinski definition) is 1. The van der Waals surface area contributed by atoms with E-state index in [0.717, 1.165) is 46.6 Å². The second kappa shape index (κ2) is 2.79. The standard InChI is InChI=1S/C20H27N/c1-11-8-19-9-14-16-18(2)4-3-5-20(16)15(19)7-12(11)6-13(19)17(20)21(14)10-18/h12-17H,1,3-10H2,2H3/t12-,13-,14-,15+,16+,17-,18-,19-,20+/m0/s1. The monoisotopic (exact) mass is 281 g/mol. The number of fused-ring (bicyclic) bond motifs is 1. The van der Waals surface area contributed by atoms with Crippen LogP contribution in [0.1, 0.15) is 51.9 Å². The van der Waals surface area contributed by atoms with Gasteiger partial charge in [-0.05, 0) is 78.4 Å². The summed E-state index contributed by atoms with van der Waals surface area (Å²) in [7, 11) is 0. The predicted molar refractivity (Wildman–Crippen MR) is 82.7 cm³/mol. The lowest BCUT2D eigenvalue weighted by Gasteiger charge is -2.63. The Labute approximate surface area is 128 Å². The molecule has 3 saturated heterocycles. The maximum absolute atomic E-state index is 4.51. The highest BCUT2D eigenvalue weighted by molar-refractivity contribution is 5.39. The van der Waals surface area contributed by atoms with Crippen molar-refractivity contribution in [1.29, 1.82) is 0 Å². The molecule has 9 aliphatic rings. The summed E-state index contributed by atoms with van der Waals surface area (Å²) in [4.78, 5) is 3.09. The van der Waals surface area contributed by atoms with Crippen LogP contribution in [0.4, 0.5) is 0 Å². The lowest BCUT2D eigenvalue weighted by atomic mass is 9.41. The van der Waals surface area contributed by atoms with Gasteiger partial charge in [-0.3, -0.25) is 4.90 Å². The largest absolute Gasteiger partial charge is 0.296 e. The van der Waals surface area contributed by atoms with Gasteiger partial charge in [0.05, 0.1) is 0 Å². The van der Waals surface area contributed by atoms with E-state index in [1.807, 2.05) is 0 Å². The second-order valence-electron chi connectivity index (χ2n) is 10.4. The van der Waals surface area contributed by atoms with Crippen LogP contribution in [0, 0.1) is 39.9 Å². The lowest BCUT2D eigenvalue weighted by Crippen LogP contribution is -2.58. The Morgan fingerprint density at radius 2 is 2.14 bits per heavy atom. The van der Waals surface area contributed by atoms with Crippen molar-refractivity contribution in [2.45, 2.75) is 64.0 Å². The highest BCUT2D eigenvalue weighted by atomic mass is 15.3. The fourth-order valence-electron chi connectivity index (χ4n) is 10.4. The van der Waals surface area contributed by atoms with E-state index in [0.29, 0.717) is 5.41 Å². The van der Waals surface area contributed by atoms with Gasteiger partial charge in [0.2, 0.25) is 0 Å². The minimum Gasteiger partial charge on any atom is -0.296 e. The van der Waals surface area contributed by atoms with Crippen molar-refractivity contribution >= 4 is 0 Å². The van der Waals surface area contributed by atoms with E-state index in [4.69, 9.17) is 0 Å². The van der Waals surface area contributed by atoms with Crippen molar-refractivity contribution in [3.8, 4) is 0 Å². The van der Waals surface area contributed by atoms with E-state index in [9.17, 15) is 0 Å². The Balaban J connectivity index is 1.53. The zero-order valence-electron chi connectivity index (χ0n) is 13.3. The smallest absolute Gasteiger partial charge is 0.0195 e. The summed E-state index contributed by atoms with van der Waals surface area (Å²) in [6, 6.07) is 1.99. The topological polar surface area (TPSA) is 3.24 Å². The Kier molecular flexibility index (Phi) is 1.50. The highest BCUT2D eigenvalue weighted by Crippen LogP contribution is 2.87. The van der Waals surface area contributed by atoms with Gasteiger partial charge in [0.15, 0.2) is 0 Å². The van der Waals surface area contributed by atoms with Crippen LogP contribution in [0.3, 0.4) is 0 Å². The Morgan fingerprint density at radius 3 is 3.05 bits per heavy atom. The van der Waals surface area contributed by atoms with Gasteiger partial charge in [-0.1, -0.05) is 25.5 Å². The van der Waals surface area contributed by atoms with Crippen LogP contribution in [0.15, 0.2) is 12.2 Å². The van der Waals surface area contributed by atoms with E-state index in [-0.39, 0.29) is 0 Å². The fourth-order valence-corrected chi connectivity index (χ4v) is 10.4. The summed E-state index contributed by atoms with van der Waals surface area (Å²) in [5.41, 5.74) is 3.85. The van der Waals surface area contributed by atoms with Crippen LogP contribution in [0.25, 0.3) is 0 Å². The minimum atomic E-state index is 0.689. The Hall–Kier alpha value is -0.300. The van der Waals surface area contributed by atoms with Crippen LogP contribution in [0.2, 0.25) is 0 Å². The fraction of sp³-hybridized carbons (Fsp3) is 0.900. The average Bonchev–Trinajstić information content (AvgIpc) is 2.84. The van der Waals surface area contributed by atoms with Crippen molar-refractivity contribution in [3.05, 3.63) is 12.2 Å². The highest BCUT2D eigenvalue weighted by Gasteiger charge is 2.86. The van der Waals surface area contributed by atoms with Gasteiger partial charge in [-0.2, -0.15) is 0 Å². The van der Waals surface area contributed by atoms with Crippen molar-refractivity contribution in [1.82, 2.24) is 4.90 Å². The molecule has 112 valence electrons. The summed E-state index contributed by atoms with van der Waals surface area (Å²) >= 11 is 0. The number of piperidine rings is 2. The van der Waals surface area contributed by atoms with Crippen LogP contribution in [-0.2, 0) is 0 Å². The van der Waals surface area contributed by atoms with Crippen molar-refractivity contribution in [3.63, 3.8) is 0 Å². The molecule has 0 N–H and O–H groups in total. The quantitative estimate of drug-likeness (QED) is 0.610. The summed E-state index contributed by atoms with van der Waals surface area (Å²) in [5.74, 6) is 4.15. The van der Waals surface area contributed by atoms with E-state index < -0.39 is 0 Å². The van der Waals surface area contributed by atoms with Gasteiger partial charge in [0, 0.05) is 18.6 Å². The molecule has 0 aromatic carbocycles. The van der Waals surface area contributed by atoms with Crippen molar-refractivity contribution < 1.29 is 0 Å². The molecule has 6 aliphatic carbocycles. The van der Waals surface area contributed by atoms with Gasteiger partial charge in [-0.25, -0.2) is 0 Å². The zero-order valence-corrected chi connectivity index (χ0v) is 13.3.